The van der Waals surface area contributed by atoms with Gasteiger partial charge in [-0.3, -0.25) is 4.68 Å². The maximum absolute atomic E-state index is 11.0. The normalized spacial score (nSPS) is 11.4. The second-order valence-electron chi connectivity index (χ2n) is 3.89. The predicted molar refractivity (Wildman–Crippen MR) is 71.8 cm³/mol. The van der Waals surface area contributed by atoms with Crippen molar-refractivity contribution in [1.82, 2.24) is 9.78 Å². The van der Waals surface area contributed by atoms with Crippen LogP contribution in [0, 0.1) is 0 Å². The molecule has 19 heavy (non-hydrogen) atoms. The van der Waals surface area contributed by atoms with E-state index < -0.39 is 9.05 Å². The van der Waals surface area contributed by atoms with E-state index in [2.05, 4.69) is 5.10 Å². The van der Waals surface area contributed by atoms with E-state index in [1.165, 1.54) is 17.1 Å². The summed E-state index contributed by atoms with van der Waals surface area (Å²) >= 11 is 0. The quantitative estimate of drug-likeness (QED) is 0.606. The van der Waals surface area contributed by atoms with Crippen molar-refractivity contribution >= 4 is 19.7 Å². The summed E-state index contributed by atoms with van der Waals surface area (Å²) in [5, 5.41) is 3.92. The lowest BCUT2D eigenvalue weighted by atomic mass is 10.3. The Balaban J connectivity index is 1.79. The number of ether oxygens (including phenoxy) is 1. The Kier molecular flexibility index (Phi) is 4.44. The minimum atomic E-state index is -3.70. The summed E-state index contributed by atoms with van der Waals surface area (Å²) in [6.45, 7) is 1.10. The van der Waals surface area contributed by atoms with Crippen LogP contribution in [0.2, 0.25) is 0 Å². The standard InChI is InChI=1S/C12H13ClN2O3S/c13-19(16,17)12-9-14-15(10-12)7-4-8-18-11-5-2-1-3-6-11/h1-3,5-6,9-10H,4,7-8H2. The van der Waals surface area contributed by atoms with Crippen LogP contribution in [-0.2, 0) is 15.6 Å². The lowest BCUT2D eigenvalue weighted by Gasteiger charge is -2.05. The molecule has 0 atom stereocenters. The first-order chi connectivity index (χ1) is 9.05. The predicted octanol–water partition coefficient (Wildman–Crippen LogP) is 2.28. The molecular formula is C12H13ClN2O3S. The molecule has 2 rings (SSSR count). The van der Waals surface area contributed by atoms with Crippen molar-refractivity contribution in [3.63, 3.8) is 0 Å². The highest BCUT2D eigenvalue weighted by Crippen LogP contribution is 2.13. The van der Waals surface area contributed by atoms with Crippen molar-refractivity contribution in [2.24, 2.45) is 0 Å². The zero-order valence-corrected chi connectivity index (χ0v) is 11.6. The Hall–Kier alpha value is -1.53. The fourth-order valence-electron chi connectivity index (χ4n) is 1.53. The molecule has 0 saturated heterocycles. The first kappa shape index (κ1) is 13.9. The lowest BCUT2D eigenvalue weighted by molar-refractivity contribution is 0.298. The molecule has 2 aromatic rings. The number of aromatic nitrogens is 2. The van der Waals surface area contributed by atoms with Crippen LogP contribution in [0.25, 0.3) is 0 Å². The topological polar surface area (TPSA) is 61.2 Å². The van der Waals surface area contributed by atoms with Gasteiger partial charge in [-0.15, -0.1) is 0 Å². The molecule has 5 nitrogen and oxygen atoms in total. The molecule has 102 valence electrons. The van der Waals surface area contributed by atoms with Gasteiger partial charge in [-0.2, -0.15) is 5.10 Å². The number of rotatable bonds is 6. The van der Waals surface area contributed by atoms with Crippen LogP contribution < -0.4 is 4.74 Å². The van der Waals surface area contributed by atoms with E-state index in [9.17, 15) is 8.42 Å². The van der Waals surface area contributed by atoms with Crippen LogP contribution in [0.3, 0.4) is 0 Å². The van der Waals surface area contributed by atoms with Crippen molar-refractivity contribution < 1.29 is 13.2 Å². The maximum atomic E-state index is 11.0. The lowest BCUT2D eigenvalue weighted by Crippen LogP contribution is -2.04. The third-order valence-electron chi connectivity index (χ3n) is 2.43. The van der Waals surface area contributed by atoms with Gasteiger partial charge < -0.3 is 4.74 Å². The van der Waals surface area contributed by atoms with Gasteiger partial charge in [-0.05, 0) is 12.1 Å². The van der Waals surface area contributed by atoms with E-state index in [1.54, 1.807) is 0 Å². The fraction of sp³-hybridized carbons (Fsp3) is 0.250. The van der Waals surface area contributed by atoms with Crippen LogP contribution in [0.15, 0.2) is 47.6 Å². The summed E-state index contributed by atoms with van der Waals surface area (Å²) in [6.07, 6.45) is 3.36. The minimum absolute atomic E-state index is 0.0122. The summed E-state index contributed by atoms with van der Waals surface area (Å²) in [5.41, 5.74) is 0. The highest BCUT2D eigenvalue weighted by Gasteiger charge is 2.12. The molecule has 0 bridgehead atoms. The Morgan fingerprint density at radius 2 is 2.00 bits per heavy atom. The summed E-state index contributed by atoms with van der Waals surface area (Å²) < 4.78 is 29.1. The van der Waals surface area contributed by atoms with E-state index >= 15 is 0 Å². The SMILES string of the molecule is O=S(=O)(Cl)c1cnn(CCCOc2ccccc2)c1. The molecule has 1 aromatic heterocycles. The summed E-state index contributed by atoms with van der Waals surface area (Å²) in [4.78, 5) is 0.0122. The van der Waals surface area contributed by atoms with Gasteiger partial charge in [0.05, 0.1) is 12.8 Å². The molecule has 0 aliphatic heterocycles. The number of hydrogen-bond donors (Lipinski definition) is 0. The molecule has 0 unspecified atom stereocenters. The molecule has 0 aliphatic rings. The third-order valence-corrected chi connectivity index (χ3v) is 3.74. The van der Waals surface area contributed by atoms with Crippen LogP contribution in [0.5, 0.6) is 5.75 Å². The highest BCUT2D eigenvalue weighted by molar-refractivity contribution is 8.13. The first-order valence-corrected chi connectivity index (χ1v) is 8.01. The zero-order chi connectivity index (χ0) is 13.7. The molecule has 0 amide bonds. The van der Waals surface area contributed by atoms with E-state index in [0.29, 0.717) is 13.2 Å². The second kappa shape index (κ2) is 6.08. The summed E-state index contributed by atoms with van der Waals surface area (Å²) in [6, 6.07) is 9.49. The largest absolute Gasteiger partial charge is 0.494 e. The molecular weight excluding hydrogens is 288 g/mol. The summed E-state index contributed by atoms with van der Waals surface area (Å²) in [7, 11) is 1.51. The average Bonchev–Trinajstić information content (AvgIpc) is 2.85. The van der Waals surface area contributed by atoms with Crippen LogP contribution in [0.4, 0.5) is 0 Å². The van der Waals surface area contributed by atoms with E-state index in [0.717, 1.165) is 12.2 Å². The zero-order valence-electron chi connectivity index (χ0n) is 10.1. The summed E-state index contributed by atoms with van der Waals surface area (Å²) in [5.74, 6) is 0.812. The molecule has 0 fully saturated rings. The van der Waals surface area contributed by atoms with Crippen molar-refractivity contribution in [1.29, 1.82) is 0 Å². The first-order valence-electron chi connectivity index (χ1n) is 5.71. The van der Waals surface area contributed by atoms with Gasteiger partial charge in [0, 0.05) is 29.8 Å². The number of benzene rings is 1. The number of halogens is 1. The molecule has 0 spiro atoms. The van der Waals surface area contributed by atoms with Crippen molar-refractivity contribution in [2.75, 3.05) is 6.61 Å². The van der Waals surface area contributed by atoms with E-state index in [-0.39, 0.29) is 4.90 Å². The van der Waals surface area contributed by atoms with E-state index in [1.807, 2.05) is 30.3 Å². The number of hydrogen-bond acceptors (Lipinski definition) is 4. The van der Waals surface area contributed by atoms with Gasteiger partial charge in [-0.1, -0.05) is 18.2 Å². The third kappa shape index (κ3) is 4.25. The maximum Gasteiger partial charge on any atom is 0.264 e. The molecule has 0 saturated carbocycles. The van der Waals surface area contributed by atoms with Crippen molar-refractivity contribution in [2.45, 2.75) is 17.9 Å². The number of aryl methyl sites for hydroxylation is 1. The van der Waals surface area contributed by atoms with Gasteiger partial charge in [0.2, 0.25) is 0 Å². The Bertz CT molecular complexity index is 625. The molecule has 7 heteroatoms. The average molecular weight is 301 g/mol. The molecule has 0 radical (unpaired) electrons. The van der Waals surface area contributed by atoms with Gasteiger partial charge in [-0.25, -0.2) is 8.42 Å². The van der Waals surface area contributed by atoms with Crippen molar-refractivity contribution in [3.8, 4) is 5.75 Å². The number of para-hydroxylation sites is 1. The molecule has 1 heterocycles. The Morgan fingerprint density at radius 3 is 2.63 bits per heavy atom. The highest BCUT2D eigenvalue weighted by atomic mass is 35.7. The molecule has 1 aromatic carbocycles. The van der Waals surface area contributed by atoms with Crippen molar-refractivity contribution in [3.05, 3.63) is 42.7 Å². The van der Waals surface area contributed by atoms with Crippen LogP contribution >= 0.6 is 10.7 Å². The fourth-order valence-corrected chi connectivity index (χ4v) is 2.19. The van der Waals surface area contributed by atoms with Crippen LogP contribution in [-0.4, -0.2) is 24.8 Å². The van der Waals surface area contributed by atoms with Gasteiger partial charge in [0.1, 0.15) is 10.6 Å². The monoisotopic (exact) mass is 300 g/mol. The Morgan fingerprint density at radius 1 is 1.26 bits per heavy atom. The van der Waals surface area contributed by atoms with Gasteiger partial charge >= 0.3 is 0 Å². The van der Waals surface area contributed by atoms with Crippen LogP contribution in [0.1, 0.15) is 6.42 Å². The Labute approximate surface area is 116 Å². The second-order valence-corrected chi connectivity index (χ2v) is 6.46. The van der Waals surface area contributed by atoms with Gasteiger partial charge in [0.25, 0.3) is 9.05 Å². The smallest absolute Gasteiger partial charge is 0.264 e. The van der Waals surface area contributed by atoms with E-state index in [4.69, 9.17) is 15.4 Å². The number of nitrogens with zero attached hydrogens (tertiary/aromatic N) is 2. The minimum Gasteiger partial charge on any atom is -0.494 e. The molecule has 0 aliphatic carbocycles. The van der Waals surface area contributed by atoms with Gasteiger partial charge in [0.15, 0.2) is 0 Å². The molecule has 0 N–H and O–H groups in total.